The van der Waals surface area contributed by atoms with E-state index in [1.807, 2.05) is 6.07 Å². The topological polar surface area (TPSA) is 89.0 Å². The fourth-order valence-corrected chi connectivity index (χ4v) is 6.23. The first-order valence-electron chi connectivity index (χ1n) is 11.7. The van der Waals surface area contributed by atoms with Crippen LogP contribution in [0.1, 0.15) is 42.5 Å². The van der Waals surface area contributed by atoms with Crippen LogP contribution >= 0.6 is 0 Å². The Morgan fingerprint density at radius 3 is 2.33 bits per heavy atom. The van der Waals surface area contributed by atoms with Gasteiger partial charge in [0.15, 0.2) is 17.3 Å². The number of carbonyl (C=O) groups excluding carboxylic acids is 1. The molecule has 0 saturated carbocycles. The summed E-state index contributed by atoms with van der Waals surface area (Å²) in [7, 11) is -3.48. The first-order chi connectivity index (χ1) is 16.0. The molecule has 0 N–H and O–H groups in total. The Kier molecular flexibility index (Phi) is 6.25. The Bertz CT molecular complexity index is 1110. The highest BCUT2D eigenvalue weighted by Crippen LogP contribution is 2.33. The fourth-order valence-electron chi connectivity index (χ4n) is 4.77. The van der Waals surface area contributed by atoms with Crippen LogP contribution in [0.5, 0.6) is 11.5 Å². The normalized spacial score (nSPS) is 19.9. The van der Waals surface area contributed by atoms with Crippen molar-refractivity contribution in [1.82, 2.24) is 9.29 Å². The Labute approximate surface area is 194 Å². The van der Waals surface area contributed by atoms with Crippen molar-refractivity contribution in [2.75, 3.05) is 44.3 Å². The van der Waals surface area contributed by atoms with Gasteiger partial charge in [0, 0.05) is 43.9 Å². The van der Waals surface area contributed by atoms with E-state index >= 15 is 0 Å². The zero-order valence-corrected chi connectivity index (χ0v) is 19.4. The standard InChI is InChI=1S/C24H29N3O5S/c28-24(19-4-6-21-22(16-19)32-15-14-31-21)18-8-12-26(13-9-18)23-7-5-20(17-25-23)33(29,30)27-10-2-1-3-11-27/h4-7,16-18H,1-3,8-15H2. The van der Waals surface area contributed by atoms with Crippen molar-refractivity contribution in [2.45, 2.75) is 37.0 Å². The number of hydrogen-bond donors (Lipinski definition) is 0. The summed E-state index contributed by atoms with van der Waals surface area (Å²) in [6, 6.07) is 8.83. The first kappa shape index (κ1) is 22.2. The number of anilines is 1. The second-order valence-corrected chi connectivity index (χ2v) is 10.7. The van der Waals surface area contributed by atoms with Gasteiger partial charge in [0.25, 0.3) is 0 Å². The van der Waals surface area contributed by atoms with Crippen molar-refractivity contribution in [1.29, 1.82) is 0 Å². The average Bonchev–Trinajstić information content (AvgIpc) is 2.88. The Morgan fingerprint density at radius 1 is 0.909 bits per heavy atom. The smallest absolute Gasteiger partial charge is 0.244 e. The van der Waals surface area contributed by atoms with Crippen molar-refractivity contribution in [3.8, 4) is 11.5 Å². The lowest BCUT2D eigenvalue weighted by Crippen LogP contribution is -2.37. The zero-order valence-electron chi connectivity index (χ0n) is 18.6. The molecular weight excluding hydrogens is 442 g/mol. The predicted octanol–water partition coefficient (Wildman–Crippen LogP) is 3.13. The quantitative estimate of drug-likeness (QED) is 0.619. The number of benzene rings is 1. The average molecular weight is 472 g/mol. The monoisotopic (exact) mass is 471 g/mol. The Hall–Kier alpha value is -2.65. The fraction of sp³-hybridized carbons (Fsp3) is 0.500. The number of carbonyl (C=O) groups is 1. The molecule has 1 aromatic heterocycles. The van der Waals surface area contributed by atoms with Gasteiger partial charge in [-0.1, -0.05) is 6.42 Å². The zero-order chi connectivity index (χ0) is 22.8. The molecule has 176 valence electrons. The highest BCUT2D eigenvalue weighted by atomic mass is 32.2. The summed E-state index contributed by atoms with van der Waals surface area (Å²) in [6.07, 6.45) is 5.81. The summed E-state index contributed by atoms with van der Waals surface area (Å²) in [6.45, 7) is 3.58. The third-order valence-electron chi connectivity index (χ3n) is 6.69. The van der Waals surface area contributed by atoms with Gasteiger partial charge in [-0.2, -0.15) is 4.31 Å². The van der Waals surface area contributed by atoms with E-state index in [1.54, 1.807) is 28.6 Å². The van der Waals surface area contributed by atoms with E-state index < -0.39 is 10.0 Å². The number of hydrogen-bond acceptors (Lipinski definition) is 7. The molecule has 2 aromatic rings. The van der Waals surface area contributed by atoms with E-state index in [2.05, 4.69) is 9.88 Å². The molecule has 0 bridgehead atoms. The third-order valence-corrected chi connectivity index (χ3v) is 8.57. The molecule has 0 spiro atoms. The third kappa shape index (κ3) is 4.56. The van der Waals surface area contributed by atoms with Gasteiger partial charge in [0.1, 0.15) is 23.9 Å². The van der Waals surface area contributed by atoms with Crippen LogP contribution in [0.25, 0.3) is 0 Å². The maximum atomic E-state index is 13.0. The van der Waals surface area contributed by atoms with E-state index in [-0.39, 0.29) is 16.6 Å². The summed E-state index contributed by atoms with van der Waals surface area (Å²) in [5, 5.41) is 0. The van der Waals surface area contributed by atoms with Crippen LogP contribution in [0, 0.1) is 5.92 Å². The van der Waals surface area contributed by atoms with Gasteiger partial charge in [-0.3, -0.25) is 4.79 Å². The van der Waals surface area contributed by atoms with Crippen molar-refractivity contribution < 1.29 is 22.7 Å². The SMILES string of the molecule is O=C(c1ccc2c(c1)OCCO2)C1CCN(c2ccc(S(=O)(=O)N3CCCCC3)cn2)CC1. The van der Waals surface area contributed by atoms with Crippen molar-refractivity contribution in [3.63, 3.8) is 0 Å². The van der Waals surface area contributed by atoms with Crippen LogP contribution in [0.2, 0.25) is 0 Å². The molecule has 0 radical (unpaired) electrons. The minimum Gasteiger partial charge on any atom is -0.486 e. The lowest BCUT2D eigenvalue weighted by atomic mass is 9.88. The summed E-state index contributed by atoms with van der Waals surface area (Å²) in [4.78, 5) is 19.8. The van der Waals surface area contributed by atoms with Crippen LogP contribution in [-0.4, -0.2) is 62.9 Å². The molecule has 5 rings (SSSR count). The van der Waals surface area contributed by atoms with E-state index in [0.29, 0.717) is 56.5 Å². The van der Waals surface area contributed by atoms with Gasteiger partial charge < -0.3 is 14.4 Å². The van der Waals surface area contributed by atoms with Crippen molar-refractivity contribution >= 4 is 21.6 Å². The minimum absolute atomic E-state index is 0.0532. The van der Waals surface area contributed by atoms with Gasteiger partial charge in [0.2, 0.25) is 10.0 Å². The number of aromatic nitrogens is 1. The van der Waals surface area contributed by atoms with E-state index in [0.717, 1.165) is 37.9 Å². The predicted molar refractivity (Wildman–Crippen MR) is 124 cm³/mol. The molecule has 0 amide bonds. The molecule has 3 aliphatic heterocycles. The number of sulfonamides is 1. The number of ketones is 1. The van der Waals surface area contributed by atoms with Gasteiger partial charge in [-0.05, 0) is 56.0 Å². The van der Waals surface area contributed by atoms with Crippen LogP contribution in [-0.2, 0) is 10.0 Å². The largest absolute Gasteiger partial charge is 0.486 e. The molecular formula is C24H29N3O5S. The van der Waals surface area contributed by atoms with E-state index in [4.69, 9.17) is 9.47 Å². The van der Waals surface area contributed by atoms with Crippen LogP contribution in [0.4, 0.5) is 5.82 Å². The summed E-state index contributed by atoms with van der Waals surface area (Å²) in [5.74, 6) is 2.14. The van der Waals surface area contributed by atoms with E-state index in [1.165, 1.54) is 6.20 Å². The van der Waals surface area contributed by atoms with Crippen LogP contribution in [0.3, 0.4) is 0 Å². The summed E-state index contributed by atoms with van der Waals surface area (Å²) < 4.78 is 38.4. The van der Waals surface area contributed by atoms with Crippen LogP contribution in [0.15, 0.2) is 41.4 Å². The molecule has 0 unspecified atom stereocenters. The van der Waals surface area contributed by atoms with Gasteiger partial charge in [-0.15, -0.1) is 0 Å². The molecule has 33 heavy (non-hydrogen) atoms. The Balaban J connectivity index is 1.21. The first-order valence-corrected chi connectivity index (χ1v) is 13.1. The molecule has 2 fully saturated rings. The number of pyridine rings is 1. The number of piperidine rings is 2. The molecule has 2 saturated heterocycles. The molecule has 9 heteroatoms. The number of Topliss-reactive ketones (excluding diaryl/α,β-unsaturated/α-hetero) is 1. The molecule has 0 aliphatic carbocycles. The van der Waals surface area contributed by atoms with Gasteiger partial charge >= 0.3 is 0 Å². The number of nitrogens with zero attached hydrogens (tertiary/aromatic N) is 3. The molecule has 0 atom stereocenters. The molecule has 8 nitrogen and oxygen atoms in total. The van der Waals surface area contributed by atoms with Crippen molar-refractivity contribution in [2.24, 2.45) is 5.92 Å². The number of ether oxygens (including phenoxy) is 2. The van der Waals surface area contributed by atoms with E-state index in [9.17, 15) is 13.2 Å². The summed E-state index contributed by atoms with van der Waals surface area (Å²) in [5.41, 5.74) is 0.656. The minimum atomic E-state index is -3.48. The lowest BCUT2D eigenvalue weighted by molar-refractivity contribution is 0.0899. The van der Waals surface area contributed by atoms with Gasteiger partial charge in [-0.25, -0.2) is 13.4 Å². The highest BCUT2D eigenvalue weighted by Gasteiger charge is 2.29. The highest BCUT2D eigenvalue weighted by molar-refractivity contribution is 7.89. The van der Waals surface area contributed by atoms with Crippen LogP contribution < -0.4 is 14.4 Å². The molecule has 1 aromatic carbocycles. The maximum absolute atomic E-state index is 13.0. The van der Waals surface area contributed by atoms with Crippen molar-refractivity contribution in [3.05, 3.63) is 42.1 Å². The van der Waals surface area contributed by atoms with Gasteiger partial charge in [0.05, 0.1) is 0 Å². The maximum Gasteiger partial charge on any atom is 0.244 e. The second kappa shape index (κ2) is 9.30. The number of rotatable bonds is 5. The second-order valence-electron chi connectivity index (χ2n) is 8.80. The molecule has 3 aliphatic rings. The molecule has 4 heterocycles. The Morgan fingerprint density at radius 2 is 1.64 bits per heavy atom. The summed E-state index contributed by atoms with van der Waals surface area (Å²) >= 11 is 0. The number of fused-ring (bicyclic) bond motifs is 1. The lowest BCUT2D eigenvalue weighted by Gasteiger charge is -2.32.